The highest BCUT2D eigenvalue weighted by Crippen LogP contribution is 2.30. The van der Waals surface area contributed by atoms with Crippen LogP contribution in [0.2, 0.25) is 0 Å². The number of alkyl halides is 1. The van der Waals surface area contributed by atoms with Crippen LogP contribution in [-0.2, 0) is 6.42 Å². The Bertz CT molecular complexity index is 319. The normalized spacial score (nSPS) is 18.9. The zero-order valence-electron chi connectivity index (χ0n) is 10.3. The molecule has 0 radical (unpaired) electrons. The first kappa shape index (κ1) is 12.9. The second kappa shape index (κ2) is 7.00. The highest BCUT2D eigenvalue weighted by molar-refractivity contribution is 6.17. The van der Waals surface area contributed by atoms with Crippen molar-refractivity contribution in [3.63, 3.8) is 0 Å². The van der Waals surface area contributed by atoms with Crippen molar-refractivity contribution in [3.8, 4) is 0 Å². The fourth-order valence-electron chi connectivity index (χ4n) is 2.45. The summed E-state index contributed by atoms with van der Waals surface area (Å²) in [4.78, 5) is 0. The van der Waals surface area contributed by atoms with E-state index in [2.05, 4.69) is 10.2 Å². The maximum atomic E-state index is 5.74. The van der Waals surface area contributed by atoms with Crippen molar-refractivity contribution in [3.05, 3.63) is 11.8 Å². The predicted octanol–water partition coefficient (Wildman–Crippen LogP) is 4.07. The van der Waals surface area contributed by atoms with Crippen LogP contribution in [0, 0.1) is 0 Å². The summed E-state index contributed by atoms with van der Waals surface area (Å²) in [7, 11) is 0. The van der Waals surface area contributed by atoms with Gasteiger partial charge in [0.1, 0.15) is 0 Å². The van der Waals surface area contributed by atoms with Gasteiger partial charge in [-0.1, -0.05) is 32.1 Å². The molecule has 1 aromatic rings. The summed E-state index contributed by atoms with van der Waals surface area (Å²) in [5, 5.41) is 8.31. The van der Waals surface area contributed by atoms with Crippen molar-refractivity contribution >= 4 is 11.6 Å². The van der Waals surface area contributed by atoms with Crippen LogP contribution < -0.4 is 0 Å². The molecule has 17 heavy (non-hydrogen) atoms. The summed E-state index contributed by atoms with van der Waals surface area (Å²) in [5.41, 5.74) is 0. The summed E-state index contributed by atoms with van der Waals surface area (Å²) in [6.45, 7) is 0. The minimum absolute atomic E-state index is 0.493. The van der Waals surface area contributed by atoms with Crippen LogP contribution in [0.5, 0.6) is 0 Å². The minimum Gasteiger partial charge on any atom is -0.425 e. The Labute approximate surface area is 108 Å². The molecule has 0 aliphatic heterocycles. The highest BCUT2D eigenvalue weighted by atomic mass is 35.5. The average molecular weight is 257 g/mol. The van der Waals surface area contributed by atoms with Gasteiger partial charge in [-0.15, -0.1) is 21.8 Å². The third-order valence-corrected chi connectivity index (χ3v) is 3.73. The Morgan fingerprint density at radius 3 is 2.47 bits per heavy atom. The van der Waals surface area contributed by atoms with Gasteiger partial charge in [-0.25, -0.2) is 0 Å². The van der Waals surface area contributed by atoms with Crippen molar-refractivity contribution in [1.82, 2.24) is 10.2 Å². The maximum absolute atomic E-state index is 5.74. The third-order valence-electron chi connectivity index (χ3n) is 3.46. The lowest BCUT2D eigenvalue weighted by atomic mass is 9.91. The van der Waals surface area contributed by atoms with E-state index < -0.39 is 0 Å². The monoisotopic (exact) mass is 256 g/mol. The van der Waals surface area contributed by atoms with Crippen LogP contribution in [-0.4, -0.2) is 16.1 Å². The van der Waals surface area contributed by atoms with Crippen LogP contribution in [0.3, 0.4) is 0 Å². The van der Waals surface area contributed by atoms with Crippen LogP contribution in [0.4, 0.5) is 0 Å². The van der Waals surface area contributed by atoms with Gasteiger partial charge in [-0.3, -0.25) is 0 Å². The van der Waals surface area contributed by atoms with E-state index in [-0.39, 0.29) is 0 Å². The summed E-state index contributed by atoms with van der Waals surface area (Å²) in [5.74, 6) is 2.76. The van der Waals surface area contributed by atoms with Gasteiger partial charge in [0.2, 0.25) is 11.8 Å². The number of aryl methyl sites for hydroxylation is 1. The molecule has 0 bridgehead atoms. The standard InChI is InChI=1S/C13H21ClN2O/c14-10-6-9-12-15-16-13(17-12)11-7-4-2-1-3-5-8-11/h11H,1-10H2. The molecule has 0 spiro atoms. The molecule has 2 rings (SSSR count). The fourth-order valence-corrected chi connectivity index (χ4v) is 2.59. The van der Waals surface area contributed by atoms with Crippen molar-refractivity contribution in [1.29, 1.82) is 0 Å². The molecule has 0 amide bonds. The SMILES string of the molecule is ClCCCc1nnc(C2CCCCCCC2)o1. The molecule has 0 N–H and O–H groups in total. The van der Waals surface area contributed by atoms with Gasteiger partial charge in [0.25, 0.3) is 0 Å². The van der Waals surface area contributed by atoms with E-state index in [1.54, 1.807) is 0 Å². The first-order chi connectivity index (χ1) is 8.40. The number of nitrogens with zero attached hydrogens (tertiary/aromatic N) is 2. The summed E-state index contributed by atoms with van der Waals surface area (Å²) >= 11 is 5.66. The second-order valence-corrected chi connectivity index (χ2v) is 5.25. The number of hydrogen-bond acceptors (Lipinski definition) is 3. The molecule has 0 atom stereocenters. The van der Waals surface area contributed by atoms with Crippen LogP contribution >= 0.6 is 11.6 Å². The van der Waals surface area contributed by atoms with Crippen molar-refractivity contribution in [2.45, 2.75) is 63.7 Å². The molecule has 3 nitrogen and oxygen atoms in total. The topological polar surface area (TPSA) is 38.9 Å². The van der Waals surface area contributed by atoms with Gasteiger partial charge >= 0.3 is 0 Å². The van der Waals surface area contributed by atoms with Gasteiger partial charge in [-0.2, -0.15) is 0 Å². The molecule has 4 heteroatoms. The molecular weight excluding hydrogens is 236 g/mol. The third kappa shape index (κ3) is 3.98. The van der Waals surface area contributed by atoms with Crippen molar-refractivity contribution < 1.29 is 4.42 Å². The van der Waals surface area contributed by atoms with Crippen LogP contribution in [0.25, 0.3) is 0 Å². The van der Waals surface area contributed by atoms with Crippen LogP contribution in [0.15, 0.2) is 4.42 Å². The molecule has 1 heterocycles. The van der Waals surface area contributed by atoms with E-state index in [9.17, 15) is 0 Å². The molecule has 1 aliphatic carbocycles. The van der Waals surface area contributed by atoms with E-state index in [0.29, 0.717) is 11.8 Å². The molecule has 1 aliphatic rings. The Morgan fingerprint density at radius 2 is 1.76 bits per heavy atom. The lowest BCUT2D eigenvalue weighted by Crippen LogP contribution is -2.02. The summed E-state index contributed by atoms with van der Waals surface area (Å²) in [6, 6.07) is 0. The smallest absolute Gasteiger partial charge is 0.219 e. The Kier molecular flexibility index (Phi) is 5.30. The zero-order chi connectivity index (χ0) is 11.9. The first-order valence-corrected chi connectivity index (χ1v) is 7.32. The predicted molar refractivity (Wildman–Crippen MR) is 68.4 cm³/mol. The fraction of sp³-hybridized carbons (Fsp3) is 0.846. The number of halogens is 1. The Hall–Kier alpha value is -0.570. The van der Waals surface area contributed by atoms with Gasteiger partial charge < -0.3 is 4.42 Å². The lowest BCUT2D eigenvalue weighted by Gasteiger charge is -2.15. The number of hydrogen-bond donors (Lipinski definition) is 0. The van der Waals surface area contributed by atoms with Gasteiger partial charge in [0.15, 0.2) is 0 Å². The van der Waals surface area contributed by atoms with Gasteiger partial charge in [-0.05, 0) is 19.3 Å². The number of rotatable bonds is 4. The van der Waals surface area contributed by atoms with Crippen molar-refractivity contribution in [2.75, 3.05) is 5.88 Å². The quantitative estimate of drug-likeness (QED) is 0.763. The molecular formula is C13H21ClN2O. The van der Waals surface area contributed by atoms with E-state index in [4.69, 9.17) is 16.0 Å². The van der Waals surface area contributed by atoms with Gasteiger partial charge in [0.05, 0.1) is 0 Å². The molecule has 0 unspecified atom stereocenters. The average Bonchev–Trinajstić information content (AvgIpc) is 2.74. The Morgan fingerprint density at radius 1 is 1.06 bits per heavy atom. The summed E-state index contributed by atoms with van der Waals surface area (Å²) < 4.78 is 5.74. The second-order valence-electron chi connectivity index (χ2n) is 4.87. The maximum Gasteiger partial charge on any atom is 0.219 e. The van der Waals surface area contributed by atoms with Gasteiger partial charge in [0, 0.05) is 18.2 Å². The Balaban J connectivity index is 1.92. The molecule has 0 saturated heterocycles. The zero-order valence-corrected chi connectivity index (χ0v) is 11.1. The minimum atomic E-state index is 0.493. The van der Waals surface area contributed by atoms with E-state index in [1.165, 1.54) is 44.9 Å². The molecule has 1 fully saturated rings. The lowest BCUT2D eigenvalue weighted by molar-refractivity contribution is 0.362. The largest absolute Gasteiger partial charge is 0.425 e. The molecule has 1 saturated carbocycles. The van der Waals surface area contributed by atoms with Crippen LogP contribution in [0.1, 0.15) is 69.1 Å². The first-order valence-electron chi connectivity index (χ1n) is 6.78. The molecule has 0 aromatic carbocycles. The van der Waals surface area contributed by atoms with E-state index in [1.807, 2.05) is 0 Å². The van der Waals surface area contributed by atoms with Crippen molar-refractivity contribution in [2.24, 2.45) is 0 Å². The summed E-state index contributed by atoms with van der Waals surface area (Å²) in [6.07, 6.45) is 10.8. The van der Waals surface area contributed by atoms with E-state index in [0.717, 1.165) is 24.6 Å². The highest BCUT2D eigenvalue weighted by Gasteiger charge is 2.19. The molecule has 96 valence electrons. The molecule has 1 aromatic heterocycles. The number of aromatic nitrogens is 2. The van der Waals surface area contributed by atoms with E-state index >= 15 is 0 Å².